The Morgan fingerprint density at radius 3 is 2.40 bits per heavy atom. The first kappa shape index (κ1) is 24.2. The summed E-state index contributed by atoms with van der Waals surface area (Å²) < 4.78 is 8.63. The van der Waals surface area contributed by atoms with E-state index >= 15 is 0 Å². The number of carbonyl (C=O) groups excluding carboxylic acids is 1. The number of aromatic nitrogens is 4. The number of esters is 1. The number of carbonyl (C=O) groups is 1. The Labute approximate surface area is 209 Å². The molecular formula is C26H28N6O2S. The lowest BCUT2D eigenvalue weighted by Gasteiger charge is -2.11. The molecule has 0 saturated carbocycles. The van der Waals surface area contributed by atoms with E-state index < -0.39 is 0 Å². The lowest BCUT2D eigenvalue weighted by Crippen LogP contribution is -2.20. The van der Waals surface area contributed by atoms with Crippen LogP contribution in [0.1, 0.15) is 38.4 Å². The van der Waals surface area contributed by atoms with Gasteiger partial charge >= 0.3 is 5.97 Å². The van der Waals surface area contributed by atoms with Gasteiger partial charge in [0.1, 0.15) is 0 Å². The molecule has 0 radical (unpaired) electrons. The molecular weight excluding hydrogens is 460 g/mol. The van der Waals surface area contributed by atoms with Crippen molar-refractivity contribution in [2.75, 3.05) is 17.7 Å². The molecule has 0 atom stereocenters. The van der Waals surface area contributed by atoms with Crippen molar-refractivity contribution < 1.29 is 9.53 Å². The molecule has 0 amide bonds. The summed E-state index contributed by atoms with van der Waals surface area (Å²) in [5.41, 5.74) is 6.31. The summed E-state index contributed by atoms with van der Waals surface area (Å²) in [6.45, 7) is 7.09. The van der Waals surface area contributed by atoms with Crippen LogP contribution < -0.4 is 10.6 Å². The highest BCUT2D eigenvalue weighted by Crippen LogP contribution is 2.22. The van der Waals surface area contributed by atoms with Gasteiger partial charge in [-0.25, -0.2) is 4.79 Å². The molecule has 2 aromatic heterocycles. The van der Waals surface area contributed by atoms with E-state index in [1.165, 1.54) is 18.2 Å². The van der Waals surface area contributed by atoms with E-state index in [2.05, 4.69) is 39.9 Å². The Balaban J connectivity index is 1.43. The first-order valence-corrected chi connectivity index (χ1v) is 11.6. The molecule has 2 N–H and O–H groups in total. The maximum absolute atomic E-state index is 12.1. The molecule has 0 bridgehead atoms. The third-order valence-corrected chi connectivity index (χ3v) is 6.04. The Kier molecular flexibility index (Phi) is 7.26. The van der Waals surface area contributed by atoms with Crippen LogP contribution in [0.15, 0.2) is 60.8 Å². The zero-order valence-electron chi connectivity index (χ0n) is 20.2. The van der Waals surface area contributed by atoms with Crippen molar-refractivity contribution >= 4 is 34.8 Å². The Bertz CT molecular complexity index is 1370. The van der Waals surface area contributed by atoms with E-state index in [1.54, 1.807) is 6.07 Å². The number of ether oxygens (including phenoxy) is 1. The van der Waals surface area contributed by atoms with Gasteiger partial charge in [0.15, 0.2) is 10.9 Å². The summed E-state index contributed by atoms with van der Waals surface area (Å²) in [5.74, 6) is 0.290. The van der Waals surface area contributed by atoms with E-state index in [0.29, 0.717) is 29.6 Å². The second kappa shape index (κ2) is 10.5. The third kappa shape index (κ3) is 5.58. The quantitative estimate of drug-likeness (QED) is 0.288. The van der Waals surface area contributed by atoms with E-state index in [-0.39, 0.29) is 5.97 Å². The van der Waals surface area contributed by atoms with Gasteiger partial charge in [0.05, 0.1) is 42.8 Å². The number of nitrogens with zero attached hydrogens (tertiary/aromatic N) is 4. The van der Waals surface area contributed by atoms with Crippen molar-refractivity contribution in [3.63, 3.8) is 0 Å². The Morgan fingerprint density at radius 2 is 1.66 bits per heavy atom. The monoisotopic (exact) mass is 488 g/mol. The van der Waals surface area contributed by atoms with Crippen LogP contribution in [0.4, 0.5) is 11.5 Å². The fraction of sp³-hybridized carbons (Fsp3) is 0.231. The summed E-state index contributed by atoms with van der Waals surface area (Å²) in [7, 11) is 1.38. The fourth-order valence-corrected chi connectivity index (χ4v) is 4.11. The van der Waals surface area contributed by atoms with Gasteiger partial charge in [0.25, 0.3) is 0 Å². The standard InChI is InChI=1S/C26H28N6O2S/c1-17-9-5-6-10-20(17)15-31-14-13-23(30-31)27-26(35)28-24-18(2)29-32(19(24)3)16-21-11-7-8-12-22(21)25(33)34-4/h5-14H,15-16H2,1-4H3,(H2,27,28,30,35). The second-order valence-corrected chi connectivity index (χ2v) is 8.66. The maximum Gasteiger partial charge on any atom is 0.338 e. The molecule has 9 heteroatoms. The number of rotatable bonds is 7. The Morgan fingerprint density at radius 1 is 0.943 bits per heavy atom. The summed E-state index contributed by atoms with van der Waals surface area (Å²) in [6.07, 6.45) is 1.92. The minimum atomic E-state index is -0.368. The molecule has 0 fully saturated rings. The molecule has 0 unspecified atom stereocenters. The van der Waals surface area contributed by atoms with Crippen LogP contribution in [0.2, 0.25) is 0 Å². The van der Waals surface area contributed by atoms with Crippen LogP contribution in [0.5, 0.6) is 0 Å². The molecule has 2 aromatic carbocycles. The van der Waals surface area contributed by atoms with Crippen molar-refractivity contribution in [1.82, 2.24) is 19.6 Å². The normalized spacial score (nSPS) is 10.7. The fourth-order valence-electron chi connectivity index (χ4n) is 3.90. The minimum Gasteiger partial charge on any atom is -0.465 e. The second-order valence-electron chi connectivity index (χ2n) is 8.26. The molecule has 2 heterocycles. The van der Waals surface area contributed by atoms with Crippen molar-refractivity contribution in [2.45, 2.75) is 33.9 Å². The largest absolute Gasteiger partial charge is 0.465 e. The first-order chi connectivity index (χ1) is 16.9. The number of benzene rings is 2. The van der Waals surface area contributed by atoms with Gasteiger partial charge < -0.3 is 15.4 Å². The van der Waals surface area contributed by atoms with Crippen LogP contribution in [-0.2, 0) is 17.8 Å². The number of anilines is 2. The molecule has 8 nitrogen and oxygen atoms in total. The van der Waals surface area contributed by atoms with E-state index in [9.17, 15) is 4.79 Å². The summed E-state index contributed by atoms with van der Waals surface area (Å²) in [6, 6.07) is 17.5. The van der Waals surface area contributed by atoms with Gasteiger partial charge in [-0.3, -0.25) is 9.36 Å². The van der Waals surface area contributed by atoms with E-state index in [4.69, 9.17) is 17.0 Å². The topological polar surface area (TPSA) is 86.0 Å². The smallest absolute Gasteiger partial charge is 0.338 e. The van der Waals surface area contributed by atoms with Crippen LogP contribution in [0.25, 0.3) is 0 Å². The summed E-state index contributed by atoms with van der Waals surface area (Å²) in [4.78, 5) is 12.1. The molecule has 35 heavy (non-hydrogen) atoms. The van der Waals surface area contributed by atoms with Gasteiger partial charge in [0.2, 0.25) is 0 Å². The van der Waals surface area contributed by atoms with Gasteiger partial charge in [0, 0.05) is 12.3 Å². The van der Waals surface area contributed by atoms with Crippen molar-refractivity contribution in [2.24, 2.45) is 0 Å². The van der Waals surface area contributed by atoms with Gasteiger partial charge in [-0.2, -0.15) is 10.2 Å². The zero-order chi connectivity index (χ0) is 24.9. The first-order valence-electron chi connectivity index (χ1n) is 11.2. The van der Waals surface area contributed by atoms with Gasteiger partial charge in [-0.1, -0.05) is 42.5 Å². The lowest BCUT2D eigenvalue weighted by atomic mass is 10.1. The minimum absolute atomic E-state index is 0.368. The SMILES string of the molecule is COC(=O)c1ccccc1Cn1nc(C)c(NC(=S)Nc2ccn(Cc3ccccc3C)n2)c1C. The van der Waals surface area contributed by atoms with Gasteiger partial charge in [-0.05, 0) is 55.7 Å². The predicted octanol–water partition coefficient (Wildman–Crippen LogP) is 4.70. The molecule has 0 saturated heterocycles. The highest BCUT2D eigenvalue weighted by atomic mass is 32.1. The number of hydrogen-bond acceptors (Lipinski definition) is 5. The highest BCUT2D eigenvalue weighted by molar-refractivity contribution is 7.80. The van der Waals surface area contributed by atoms with Crippen molar-refractivity contribution in [3.8, 4) is 0 Å². The van der Waals surface area contributed by atoms with Crippen LogP contribution in [-0.4, -0.2) is 37.8 Å². The average molecular weight is 489 g/mol. The molecule has 4 rings (SSSR count). The molecule has 0 aliphatic heterocycles. The molecule has 180 valence electrons. The van der Waals surface area contributed by atoms with Crippen LogP contribution in [0.3, 0.4) is 0 Å². The predicted molar refractivity (Wildman–Crippen MR) is 141 cm³/mol. The Hall–Kier alpha value is -3.98. The zero-order valence-corrected chi connectivity index (χ0v) is 21.0. The number of aryl methyl sites for hydroxylation is 2. The summed E-state index contributed by atoms with van der Waals surface area (Å²) >= 11 is 5.54. The molecule has 0 aliphatic carbocycles. The number of methoxy groups -OCH3 is 1. The average Bonchev–Trinajstić information content (AvgIpc) is 3.39. The van der Waals surface area contributed by atoms with E-state index in [1.807, 2.05) is 65.8 Å². The van der Waals surface area contributed by atoms with Crippen LogP contribution >= 0.6 is 12.2 Å². The number of hydrogen-bond donors (Lipinski definition) is 2. The van der Waals surface area contributed by atoms with Crippen molar-refractivity contribution in [3.05, 3.63) is 94.4 Å². The maximum atomic E-state index is 12.1. The van der Waals surface area contributed by atoms with Crippen molar-refractivity contribution in [1.29, 1.82) is 0 Å². The number of nitrogens with one attached hydrogen (secondary N) is 2. The third-order valence-electron chi connectivity index (χ3n) is 5.84. The number of thiocarbonyl (C=S) groups is 1. The lowest BCUT2D eigenvalue weighted by molar-refractivity contribution is 0.0599. The molecule has 0 aliphatic rings. The molecule has 0 spiro atoms. The molecule has 4 aromatic rings. The summed E-state index contributed by atoms with van der Waals surface area (Å²) in [5, 5.41) is 16.0. The van der Waals surface area contributed by atoms with Gasteiger partial charge in [-0.15, -0.1) is 0 Å². The van der Waals surface area contributed by atoms with Crippen LogP contribution in [0, 0.1) is 20.8 Å². The highest BCUT2D eigenvalue weighted by Gasteiger charge is 2.17. The van der Waals surface area contributed by atoms with E-state index in [0.717, 1.165) is 22.6 Å².